The van der Waals surface area contributed by atoms with Gasteiger partial charge in [-0.2, -0.15) is 4.31 Å². The third kappa shape index (κ3) is 4.31. The van der Waals surface area contributed by atoms with E-state index in [1.54, 1.807) is 12.1 Å². The minimum absolute atomic E-state index is 0.143. The number of amides is 1. The number of nitrogens with zero attached hydrogens (tertiary/aromatic N) is 2. The fourth-order valence-corrected chi connectivity index (χ4v) is 5.33. The number of nitrogens with one attached hydrogen (secondary N) is 1. The molecule has 1 unspecified atom stereocenters. The van der Waals surface area contributed by atoms with E-state index in [0.717, 1.165) is 30.6 Å². The smallest absolute Gasteiger partial charge is 0.243 e. The zero-order chi connectivity index (χ0) is 20.1. The Kier molecular flexibility index (Phi) is 6.57. The number of rotatable bonds is 8. The molecule has 152 valence electrons. The first-order chi connectivity index (χ1) is 13.5. The zero-order valence-electron chi connectivity index (χ0n) is 16.6. The van der Waals surface area contributed by atoms with Crippen molar-refractivity contribution < 1.29 is 13.2 Å². The lowest BCUT2D eigenvalue weighted by Crippen LogP contribution is -2.31. The molecule has 2 heterocycles. The van der Waals surface area contributed by atoms with Gasteiger partial charge in [-0.15, -0.1) is 0 Å². The molecule has 1 fully saturated rings. The first-order valence-electron chi connectivity index (χ1n) is 9.99. The van der Waals surface area contributed by atoms with Crippen molar-refractivity contribution in [2.24, 2.45) is 0 Å². The Bertz CT molecular complexity index is 872. The Morgan fingerprint density at radius 2 is 1.89 bits per heavy atom. The summed E-state index contributed by atoms with van der Waals surface area (Å²) in [7, 11) is -3.44. The number of sulfonamides is 1. The van der Waals surface area contributed by atoms with E-state index in [4.69, 9.17) is 0 Å². The van der Waals surface area contributed by atoms with E-state index in [0.29, 0.717) is 30.8 Å². The van der Waals surface area contributed by atoms with Crippen LogP contribution in [0.1, 0.15) is 50.4 Å². The highest BCUT2D eigenvalue weighted by Crippen LogP contribution is 2.31. The summed E-state index contributed by atoms with van der Waals surface area (Å²) in [6.07, 6.45) is 4.94. The first kappa shape index (κ1) is 20.6. The van der Waals surface area contributed by atoms with Gasteiger partial charge in [0.2, 0.25) is 15.9 Å². The van der Waals surface area contributed by atoms with Gasteiger partial charge in [0.1, 0.15) is 0 Å². The van der Waals surface area contributed by atoms with Gasteiger partial charge in [-0.25, -0.2) is 8.42 Å². The van der Waals surface area contributed by atoms with Crippen LogP contribution in [0.5, 0.6) is 0 Å². The van der Waals surface area contributed by atoms with E-state index in [2.05, 4.69) is 4.98 Å². The molecule has 28 heavy (non-hydrogen) atoms. The highest BCUT2D eigenvalue weighted by Gasteiger charge is 2.30. The van der Waals surface area contributed by atoms with Gasteiger partial charge < -0.3 is 9.88 Å². The van der Waals surface area contributed by atoms with Gasteiger partial charge in [0.05, 0.1) is 10.9 Å². The summed E-state index contributed by atoms with van der Waals surface area (Å²) in [6, 6.07) is 11.1. The molecule has 1 aliphatic heterocycles. The van der Waals surface area contributed by atoms with Crippen molar-refractivity contribution in [3.05, 3.63) is 53.9 Å². The molecule has 0 aliphatic carbocycles. The Labute approximate surface area is 167 Å². The van der Waals surface area contributed by atoms with E-state index >= 15 is 0 Å². The fraction of sp³-hybridized carbons (Fsp3) is 0.476. The molecule has 7 heteroatoms. The molecule has 1 aromatic heterocycles. The number of benzene rings is 1. The van der Waals surface area contributed by atoms with E-state index in [1.807, 2.05) is 49.2 Å². The second kappa shape index (κ2) is 8.92. The molecule has 3 rings (SSSR count). The van der Waals surface area contributed by atoms with Gasteiger partial charge in [0.25, 0.3) is 0 Å². The van der Waals surface area contributed by atoms with E-state index < -0.39 is 10.0 Å². The Balaban J connectivity index is 1.61. The van der Waals surface area contributed by atoms with Gasteiger partial charge in [-0.05, 0) is 49.1 Å². The lowest BCUT2D eigenvalue weighted by Gasteiger charge is -2.24. The largest absolute Gasteiger partial charge is 0.363 e. The van der Waals surface area contributed by atoms with Gasteiger partial charge in [-0.1, -0.05) is 26.0 Å². The third-order valence-corrected chi connectivity index (χ3v) is 7.51. The van der Waals surface area contributed by atoms with Crippen LogP contribution in [0.3, 0.4) is 0 Å². The summed E-state index contributed by atoms with van der Waals surface area (Å²) < 4.78 is 26.6. The SMILES string of the molecule is CCN(CC)S(=O)(=O)c1ccc(CCC(=O)N2CCCC2c2ccc[nH]2)cc1. The minimum atomic E-state index is -3.44. The maximum Gasteiger partial charge on any atom is 0.243 e. The quantitative estimate of drug-likeness (QED) is 0.735. The van der Waals surface area contributed by atoms with Crippen LogP contribution in [0, 0.1) is 0 Å². The Hall–Kier alpha value is -2.12. The Morgan fingerprint density at radius 3 is 2.50 bits per heavy atom. The molecule has 0 spiro atoms. The van der Waals surface area contributed by atoms with Crippen LogP contribution >= 0.6 is 0 Å². The highest BCUT2D eigenvalue weighted by molar-refractivity contribution is 7.89. The van der Waals surface area contributed by atoms with Crippen LogP contribution < -0.4 is 0 Å². The van der Waals surface area contributed by atoms with E-state index in [-0.39, 0.29) is 11.9 Å². The predicted molar refractivity (Wildman–Crippen MR) is 109 cm³/mol. The lowest BCUT2D eigenvalue weighted by molar-refractivity contribution is -0.132. The number of likely N-dealkylation sites (tertiary alicyclic amines) is 1. The van der Waals surface area contributed by atoms with Gasteiger partial charge in [-0.3, -0.25) is 4.79 Å². The number of aromatic amines is 1. The Morgan fingerprint density at radius 1 is 1.18 bits per heavy atom. The number of aryl methyl sites for hydroxylation is 1. The molecule has 0 bridgehead atoms. The number of H-pyrrole nitrogens is 1. The number of hydrogen-bond donors (Lipinski definition) is 1. The number of carbonyl (C=O) groups excluding carboxylic acids is 1. The van der Waals surface area contributed by atoms with Crippen molar-refractivity contribution in [3.63, 3.8) is 0 Å². The molecule has 1 aliphatic rings. The predicted octanol–water partition coefficient (Wildman–Crippen LogP) is 3.34. The summed E-state index contributed by atoms with van der Waals surface area (Å²) in [6.45, 7) is 5.36. The maximum atomic E-state index is 12.7. The molecule has 1 amide bonds. The standard InChI is InChI=1S/C21H29N3O3S/c1-3-23(4-2)28(26,27)18-12-9-17(10-13-18)11-14-21(25)24-16-6-8-20(24)19-7-5-15-22-19/h5,7,9-10,12-13,15,20,22H,3-4,6,8,11,14,16H2,1-2H3. The minimum Gasteiger partial charge on any atom is -0.363 e. The molecule has 1 atom stereocenters. The average Bonchev–Trinajstić information content (AvgIpc) is 3.38. The summed E-state index contributed by atoms with van der Waals surface area (Å²) in [4.78, 5) is 18.2. The fourth-order valence-electron chi connectivity index (χ4n) is 3.88. The molecule has 0 radical (unpaired) electrons. The number of aromatic nitrogens is 1. The zero-order valence-corrected chi connectivity index (χ0v) is 17.4. The van der Waals surface area contributed by atoms with E-state index in [1.165, 1.54) is 4.31 Å². The average molecular weight is 404 g/mol. The van der Waals surface area contributed by atoms with Crippen molar-refractivity contribution in [2.75, 3.05) is 19.6 Å². The second-order valence-electron chi connectivity index (χ2n) is 7.10. The van der Waals surface area contributed by atoms with Gasteiger partial charge in [0.15, 0.2) is 0 Å². The summed E-state index contributed by atoms with van der Waals surface area (Å²) >= 11 is 0. The van der Waals surface area contributed by atoms with Crippen molar-refractivity contribution in [2.45, 2.75) is 50.5 Å². The van der Waals surface area contributed by atoms with Crippen LogP contribution in [0.25, 0.3) is 0 Å². The molecule has 2 aromatic rings. The molecule has 1 saturated heterocycles. The lowest BCUT2D eigenvalue weighted by atomic mass is 10.1. The van der Waals surface area contributed by atoms with Crippen molar-refractivity contribution in [3.8, 4) is 0 Å². The van der Waals surface area contributed by atoms with Crippen LogP contribution in [-0.4, -0.2) is 48.1 Å². The van der Waals surface area contributed by atoms with Gasteiger partial charge >= 0.3 is 0 Å². The van der Waals surface area contributed by atoms with E-state index in [9.17, 15) is 13.2 Å². The van der Waals surface area contributed by atoms with Crippen molar-refractivity contribution >= 4 is 15.9 Å². The van der Waals surface area contributed by atoms with Crippen molar-refractivity contribution in [1.29, 1.82) is 0 Å². The van der Waals surface area contributed by atoms with Gasteiger partial charge in [0, 0.05) is 37.9 Å². The summed E-state index contributed by atoms with van der Waals surface area (Å²) in [5, 5.41) is 0. The summed E-state index contributed by atoms with van der Waals surface area (Å²) in [5.74, 6) is 0.150. The molecule has 1 aromatic carbocycles. The molecular formula is C21H29N3O3S. The highest BCUT2D eigenvalue weighted by atomic mass is 32.2. The topological polar surface area (TPSA) is 73.5 Å². The molecule has 6 nitrogen and oxygen atoms in total. The van der Waals surface area contributed by atoms with Crippen molar-refractivity contribution in [1.82, 2.24) is 14.2 Å². The molecular weight excluding hydrogens is 374 g/mol. The third-order valence-electron chi connectivity index (χ3n) is 5.45. The van der Waals surface area contributed by atoms with Crippen LogP contribution in [0.2, 0.25) is 0 Å². The summed E-state index contributed by atoms with van der Waals surface area (Å²) in [5.41, 5.74) is 2.07. The van der Waals surface area contributed by atoms with Crippen LogP contribution in [0.4, 0.5) is 0 Å². The normalized spacial score (nSPS) is 17.4. The number of carbonyl (C=O) groups is 1. The first-order valence-corrected chi connectivity index (χ1v) is 11.4. The monoisotopic (exact) mass is 403 g/mol. The molecule has 0 saturated carbocycles. The molecule has 1 N–H and O–H groups in total. The maximum absolute atomic E-state index is 12.7. The second-order valence-corrected chi connectivity index (χ2v) is 9.04. The van der Waals surface area contributed by atoms with Crippen LogP contribution in [-0.2, 0) is 21.2 Å². The number of hydrogen-bond acceptors (Lipinski definition) is 3. The van der Waals surface area contributed by atoms with Crippen LogP contribution in [0.15, 0.2) is 47.5 Å².